The molecule has 0 aliphatic carbocycles. The van der Waals surface area contributed by atoms with Crippen molar-refractivity contribution in [3.05, 3.63) is 12.2 Å². The van der Waals surface area contributed by atoms with E-state index in [1.165, 1.54) is 19.2 Å². The molecule has 0 aromatic heterocycles. The second kappa shape index (κ2) is 2.18. The van der Waals surface area contributed by atoms with Gasteiger partial charge in [0.25, 0.3) is 5.91 Å². The molecule has 0 saturated carbocycles. The molecular weight excluding hydrogens is 174 g/mol. The van der Waals surface area contributed by atoms with Crippen molar-refractivity contribution < 1.29 is 19.1 Å². The van der Waals surface area contributed by atoms with Crippen LogP contribution in [0.25, 0.3) is 0 Å². The van der Waals surface area contributed by atoms with Crippen LogP contribution in [0, 0.1) is 0 Å². The average molecular weight is 181 g/mol. The van der Waals surface area contributed by atoms with Crippen molar-refractivity contribution in [1.82, 2.24) is 4.90 Å². The van der Waals surface area contributed by atoms with Crippen molar-refractivity contribution in [3.63, 3.8) is 0 Å². The summed E-state index contributed by atoms with van der Waals surface area (Å²) in [5.74, 6) is -1.37. The second-order valence-corrected chi connectivity index (χ2v) is 3.08. The molecule has 5 heteroatoms. The Kier molecular flexibility index (Phi) is 1.34. The molecule has 2 heterocycles. The largest absolute Gasteiger partial charge is 0.441 e. The maximum atomic E-state index is 11.5. The lowest BCUT2D eigenvalue weighted by atomic mass is 10.0. The van der Waals surface area contributed by atoms with Gasteiger partial charge >= 0.3 is 5.97 Å². The van der Waals surface area contributed by atoms with E-state index in [1.807, 2.05) is 0 Å². The SMILES string of the molecule is CN1C(=O)CC2(C=CC(=O)O2)C1=O. The van der Waals surface area contributed by atoms with Crippen molar-refractivity contribution in [2.45, 2.75) is 12.0 Å². The number of likely N-dealkylation sites (N-methyl/N-ethyl adjacent to an activating group) is 1. The maximum Gasteiger partial charge on any atom is 0.331 e. The molecule has 0 bridgehead atoms. The summed E-state index contributed by atoms with van der Waals surface area (Å²) in [4.78, 5) is 34.3. The molecule has 2 aliphatic rings. The highest BCUT2D eigenvalue weighted by Crippen LogP contribution is 2.32. The molecule has 2 rings (SSSR count). The Morgan fingerprint density at radius 1 is 1.46 bits per heavy atom. The Morgan fingerprint density at radius 3 is 2.54 bits per heavy atom. The van der Waals surface area contributed by atoms with Crippen LogP contribution < -0.4 is 0 Å². The third kappa shape index (κ3) is 0.898. The molecule has 0 radical (unpaired) electrons. The normalized spacial score (nSPS) is 32.1. The van der Waals surface area contributed by atoms with Gasteiger partial charge in [-0.1, -0.05) is 0 Å². The number of amides is 2. The Labute approximate surface area is 74.0 Å². The molecule has 1 saturated heterocycles. The van der Waals surface area contributed by atoms with Crippen molar-refractivity contribution >= 4 is 17.8 Å². The summed E-state index contributed by atoms with van der Waals surface area (Å²) in [5, 5.41) is 0. The van der Waals surface area contributed by atoms with E-state index >= 15 is 0 Å². The minimum absolute atomic E-state index is 0.0788. The van der Waals surface area contributed by atoms with Gasteiger partial charge in [-0.3, -0.25) is 14.5 Å². The summed E-state index contributed by atoms with van der Waals surface area (Å²) in [6.45, 7) is 0. The first-order valence-corrected chi connectivity index (χ1v) is 3.78. The minimum atomic E-state index is -1.33. The van der Waals surface area contributed by atoms with E-state index in [9.17, 15) is 14.4 Å². The Balaban J connectivity index is 2.37. The van der Waals surface area contributed by atoms with E-state index < -0.39 is 17.5 Å². The molecule has 13 heavy (non-hydrogen) atoms. The van der Waals surface area contributed by atoms with Gasteiger partial charge in [0.05, 0.1) is 6.42 Å². The molecule has 1 spiro atoms. The van der Waals surface area contributed by atoms with Crippen LogP contribution in [0.3, 0.4) is 0 Å². The summed E-state index contributed by atoms with van der Waals surface area (Å²) in [6, 6.07) is 0. The maximum absolute atomic E-state index is 11.5. The predicted octanol–water partition coefficient (Wildman–Crippen LogP) is -0.773. The summed E-state index contributed by atoms with van der Waals surface area (Å²) in [7, 11) is 1.37. The highest BCUT2D eigenvalue weighted by atomic mass is 16.6. The van der Waals surface area contributed by atoms with Gasteiger partial charge in [-0.15, -0.1) is 0 Å². The first-order valence-electron chi connectivity index (χ1n) is 3.78. The lowest BCUT2D eigenvalue weighted by Gasteiger charge is -2.16. The summed E-state index contributed by atoms with van der Waals surface area (Å²) in [6.07, 6.45) is 2.44. The van der Waals surface area contributed by atoms with Crippen molar-refractivity contribution in [2.24, 2.45) is 0 Å². The first kappa shape index (κ1) is 7.97. The first-order chi connectivity index (χ1) is 6.05. The molecule has 1 fully saturated rings. The summed E-state index contributed by atoms with van der Waals surface area (Å²) >= 11 is 0. The number of ether oxygens (including phenoxy) is 1. The van der Waals surface area contributed by atoms with Crippen LogP contribution in [-0.2, 0) is 19.1 Å². The van der Waals surface area contributed by atoms with Gasteiger partial charge in [0, 0.05) is 13.1 Å². The lowest BCUT2D eigenvalue weighted by Crippen LogP contribution is -2.38. The Morgan fingerprint density at radius 2 is 2.15 bits per heavy atom. The molecule has 0 aromatic rings. The fourth-order valence-electron chi connectivity index (χ4n) is 1.48. The molecule has 1 atom stereocenters. The molecule has 2 aliphatic heterocycles. The smallest absolute Gasteiger partial charge is 0.331 e. The fourth-order valence-corrected chi connectivity index (χ4v) is 1.48. The molecule has 0 N–H and O–H groups in total. The van der Waals surface area contributed by atoms with Gasteiger partial charge < -0.3 is 4.74 Å². The molecular formula is C8H7NO4. The van der Waals surface area contributed by atoms with Crippen LogP contribution in [0.1, 0.15) is 6.42 Å². The Hall–Kier alpha value is -1.65. The quantitative estimate of drug-likeness (QED) is 0.363. The zero-order valence-electron chi connectivity index (χ0n) is 6.94. The highest BCUT2D eigenvalue weighted by Gasteiger charge is 2.53. The summed E-state index contributed by atoms with van der Waals surface area (Å²) in [5.41, 5.74) is -1.33. The van der Waals surface area contributed by atoms with Gasteiger partial charge in [-0.2, -0.15) is 0 Å². The van der Waals surface area contributed by atoms with Crippen LogP contribution in [0.15, 0.2) is 12.2 Å². The van der Waals surface area contributed by atoms with E-state index in [2.05, 4.69) is 0 Å². The van der Waals surface area contributed by atoms with Crippen LogP contribution in [0.2, 0.25) is 0 Å². The van der Waals surface area contributed by atoms with E-state index in [4.69, 9.17) is 4.74 Å². The number of carbonyl (C=O) groups excluding carboxylic acids is 3. The van der Waals surface area contributed by atoms with Gasteiger partial charge in [-0.05, 0) is 6.08 Å². The van der Waals surface area contributed by atoms with Gasteiger partial charge in [0.1, 0.15) is 0 Å². The monoisotopic (exact) mass is 181 g/mol. The van der Waals surface area contributed by atoms with Gasteiger partial charge in [-0.25, -0.2) is 4.79 Å². The standard InChI is InChI=1S/C8H7NO4/c1-9-5(10)4-8(7(9)12)3-2-6(11)13-8/h2-3H,4H2,1H3. The van der Waals surface area contributed by atoms with Crippen LogP contribution in [-0.4, -0.2) is 35.3 Å². The summed E-state index contributed by atoms with van der Waals surface area (Å²) < 4.78 is 4.80. The van der Waals surface area contributed by atoms with E-state index in [0.29, 0.717) is 0 Å². The average Bonchev–Trinajstić information content (AvgIpc) is 2.53. The highest BCUT2D eigenvalue weighted by molar-refractivity contribution is 6.11. The third-order valence-electron chi connectivity index (χ3n) is 2.23. The molecule has 2 amide bonds. The van der Waals surface area contributed by atoms with Crippen LogP contribution in [0.5, 0.6) is 0 Å². The van der Waals surface area contributed by atoms with Crippen LogP contribution >= 0.6 is 0 Å². The lowest BCUT2D eigenvalue weighted by molar-refractivity contribution is -0.156. The molecule has 5 nitrogen and oxygen atoms in total. The number of carbonyl (C=O) groups is 3. The van der Waals surface area contributed by atoms with E-state index in [1.54, 1.807) is 0 Å². The molecule has 0 aromatic carbocycles. The van der Waals surface area contributed by atoms with E-state index in [0.717, 1.165) is 4.90 Å². The number of hydrogen-bond donors (Lipinski definition) is 0. The van der Waals surface area contributed by atoms with Crippen molar-refractivity contribution in [1.29, 1.82) is 0 Å². The predicted molar refractivity (Wildman–Crippen MR) is 40.4 cm³/mol. The third-order valence-corrected chi connectivity index (χ3v) is 2.23. The number of esters is 1. The van der Waals surface area contributed by atoms with E-state index in [-0.39, 0.29) is 12.3 Å². The van der Waals surface area contributed by atoms with Crippen molar-refractivity contribution in [3.8, 4) is 0 Å². The number of nitrogens with zero attached hydrogens (tertiary/aromatic N) is 1. The molecule has 68 valence electrons. The number of likely N-dealkylation sites (tertiary alicyclic amines) is 1. The van der Waals surface area contributed by atoms with Gasteiger partial charge in [0.15, 0.2) is 0 Å². The molecule has 1 unspecified atom stereocenters. The second-order valence-electron chi connectivity index (χ2n) is 3.08. The zero-order valence-corrected chi connectivity index (χ0v) is 6.94. The number of hydrogen-bond acceptors (Lipinski definition) is 4. The number of rotatable bonds is 0. The van der Waals surface area contributed by atoms with Crippen molar-refractivity contribution in [2.75, 3.05) is 7.05 Å². The number of imide groups is 1. The zero-order chi connectivity index (χ0) is 9.64. The van der Waals surface area contributed by atoms with Crippen LogP contribution in [0.4, 0.5) is 0 Å². The topological polar surface area (TPSA) is 63.7 Å². The van der Waals surface area contributed by atoms with Gasteiger partial charge in [0.2, 0.25) is 11.5 Å². The Bertz CT molecular complexity index is 346. The minimum Gasteiger partial charge on any atom is -0.441 e. The fraction of sp³-hybridized carbons (Fsp3) is 0.375.